The average molecular weight is 491 g/mol. The number of hydrogen-bond donors (Lipinski definition) is 3. The van der Waals surface area contributed by atoms with Crippen LogP contribution in [0.2, 0.25) is 0 Å². The standard InChI is InChI=1S/C25H34N4O4.ClH/c1-25(2,33-3)24(32)29-14-6-9-21(29)23(31)28-20(22(30)27-13-12-26)16-17-10-11-18-7-4-5-8-19(18)15-17;/h4-5,7-8,10-11,15,20-21H,6,9,12-14,16,26H2,1-3H3,(H,27,30)(H,28,31);1H/t20-,21?;/m1./s1. The lowest BCUT2D eigenvalue weighted by Crippen LogP contribution is -2.56. The van der Waals surface area contributed by atoms with Gasteiger partial charge in [0.1, 0.15) is 17.7 Å². The van der Waals surface area contributed by atoms with Crippen molar-refractivity contribution in [2.24, 2.45) is 5.73 Å². The van der Waals surface area contributed by atoms with Crippen LogP contribution < -0.4 is 16.4 Å². The topological polar surface area (TPSA) is 114 Å². The van der Waals surface area contributed by atoms with Crippen molar-refractivity contribution in [3.05, 3.63) is 48.0 Å². The number of benzene rings is 2. The Hall–Kier alpha value is -2.68. The van der Waals surface area contributed by atoms with Crippen LogP contribution in [-0.4, -0.2) is 67.1 Å². The quantitative estimate of drug-likeness (QED) is 0.496. The molecule has 3 rings (SSSR count). The number of nitrogens with two attached hydrogens (primary N) is 1. The number of rotatable bonds is 9. The van der Waals surface area contributed by atoms with Gasteiger partial charge in [-0.05, 0) is 43.0 Å². The summed E-state index contributed by atoms with van der Waals surface area (Å²) in [7, 11) is 1.48. The Morgan fingerprint density at radius 1 is 1.18 bits per heavy atom. The molecule has 2 aromatic rings. The largest absolute Gasteiger partial charge is 0.369 e. The molecule has 1 unspecified atom stereocenters. The Kier molecular flexibility index (Phi) is 9.85. The molecule has 8 nitrogen and oxygen atoms in total. The van der Waals surface area contributed by atoms with Crippen molar-refractivity contribution in [2.75, 3.05) is 26.7 Å². The summed E-state index contributed by atoms with van der Waals surface area (Å²) in [5.41, 5.74) is 5.45. The van der Waals surface area contributed by atoms with E-state index < -0.39 is 17.7 Å². The molecule has 1 aliphatic heterocycles. The van der Waals surface area contributed by atoms with Crippen LogP contribution in [0.25, 0.3) is 10.8 Å². The highest BCUT2D eigenvalue weighted by atomic mass is 35.5. The number of hydrogen-bond acceptors (Lipinski definition) is 5. The summed E-state index contributed by atoms with van der Waals surface area (Å²) in [5.74, 6) is -0.863. The molecule has 1 fully saturated rings. The Morgan fingerprint density at radius 3 is 2.56 bits per heavy atom. The van der Waals surface area contributed by atoms with Gasteiger partial charge in [0.15, 0.2) is 0 Å². The van der Waals surface area contributed by atoms with E-state index in [1.165, 1.54) is 7.11 Å². The van der Waals surface area contributed by atoms with E-state index in [9.17, 15) is 14.4 Å². The number of nitrogens with one attached hydrogen (secondary N) is 2. The summed E-state index contributed by atoms with van der Waals surface area (Å²) in [6, 6.07) is 12.6. The van der Waals surface area contributed by atoms with Crippen LogP contribution in [0, 0.1) is 0 Å². The summed E-state index contributed by atoms with van der Waals surface area (Å²) in [5, 5.41) is 7.84. The van der Waals surface area contributed by atoms with E-state index in [1.54, 1.807) is 18.7 Å². The zero-order valence-electron chi connectivity index (χ0n) is 20.0. The van der Waals surface area contributed by atoms with E-state index >= 15 is 0 Å². The zero-order chi connectivity index (χ0) is 24.0. The van der Waals surface area contributed by atoms with Gasteiger partial charge in [0.25, 0.3) is 5.91 Å². The minimum atomic E-state index is -1.02. The predicted octanol–water partition coefficient (Wildman–Crippen LogP) is 1.78. The molecule has 0 spiro atoms. The number of fused-ring (bicyclic) bond motifs is 1. The Morgan fingerprint density at radius 2 is 1.88 bits per heavy atom. The van der Waals surface area contributed by atoms with Crippen LogP contribution in [0.15, 0.2) is 42.5 Å². The molecule has 0 aromatic heterocycles. The molecule has 186 valence electrons. The molecular formula is C25H35ClN4O4. The van der Waals surface area contributed by atoms with Crippen molar-refractivity contribution < 1.29 is 19.1 Å². The van der Waals surface area contributed by atoms with E-state index in [-0.39, 0.29) is 30.1 Å². The lowest BCUT2D eigenvalue weighted by atomic mass is 10.0. The van der Waals surface area contributed by atoms with Gasteiger partial charge in [-0.25, -0.2) is 0 Å². The fourth-order valence-electron chi connectivity index (χ4n) is 4.11. The molecule has 9 heteroatoms. The number of halogens is 1. The fourth-order valence-corrected chi connectivity index (χ4v) is 4.11. The van der Waals surface area contributed by atoms with Gasteiger partial charge in [0, 0.05) is 33.2 Å². The van der Waals surface area contributed by atoms with E-state index in [2.05, 4.69) is 10.6 Å². The van der Waals surface area contributed by atoms with E-state index in [0.717, 1.165) is 22.8 Å². The summed E-state index contributed by atoms with van der Waals surface area (Å²) in [6.07, 6.45) is 1.60. The molecule has 3 amide bonds. The summed E-state index contributed by atoms with van der Waals surface area (Å²) < 4.78 is 5.32. The van der Waals surface area contributed by atoms with Gasteiger partial charge in [0.05, 0.1) is 0 Å². The first-order valence-electron chi connectivity index (χ1n) is 11.4. The van der Waals surface area contributed by atoms with Crippen LogP contribution >= 0.6 is 12.4 Å². The van der Waals surface area contributed by atoms with Gasteiger partial charge in [0.2, 0.25) is 11.8 Å². The van der Waals surface area contributed by atoms with E-state index in [4.69, 9.17) is 10.5 Å². The van der Waals surface area contributed by atoms with Crippen molar-refractivity contribution in [2.45, 2.75) is 50.8 Å². The molecule has 1 saturated heterocycles. The van der Waals surface area contributed by atoms with Gasteiger partial charge < -0.3 is 26.0 Å². The Balaban J connectivity index is 0.00000408. The maximum atomic E-state index is 13.2. The number of amides is 3. The minimum Gasteiger partial charge on any atom is -0.369 e. The molecule has 1 aliphatic rings. The summed E-state index contributed by atoms with van der Waals surface area (Å²) in [4.78, 5) is 40.6. The number of nitrogens with zero attached hydrogens (tertiary/aromatic N) is 1. The van der Waals surface area contributed by atoms with Gasteiger partial charge in [-0.15, -0.1) is 12.4 Å². The van der Waals surface area contributed by atoms with Gasteiger partial charge in [-0.1, -0.05) is 42.5 Å². The van der Waals surface area contributed by atoms with Gasteiger partial charge in [-0.3, -0.25) is 14.4 Å². The van der Waals surface area contributed by atoms with Gasteiger partial charge >= 0.3 is 0 Å². The molecule has 2 aromatic carbocycles. The van der Waals surface area contributed by atoms with Crippen molar-refractivity contribution >= 4 is 40.9 Å². The first kappa shape index (κ1) is 27.6. The third kappa shape index (κ3) is 6.46. The SMILES string of the molecule is COC(C)(C)C(=O)N1CCCC1C(=O)N[C@H](Cc1ccc2ccccc2c1)C(=O)NCCN.Cl. The lowest BCUT2D eigenvalue weighted by molar-refractivity contribution is -0.154. The predicted molar refractivity (Wildman–Crippen MR) is 135 cm³/mol. The smallest absolute Gasteiger partial charge is 0.254 e. The first-order valence-corrected chi connectivity index (χ1v) is 11.4. The van der Waals surface area contributed by atoms with Crippen LogP contribution in [-0.2, 0) is 25.5 Å². The van der Waals surface area contributed by atoms with Crippen LogP contribution in [0.1, 0.15) is 32.3 Å². The van der Waals surface area contributed by atoms with Crippen LogP contribution in [0.4, 0.5) is 0 Å². The Bertz CT molecular complexity index is 1010. The monoisotopic (exact) mass is 490 g/mol. The summed E-state index contributed by atoms with van der Waals surface area (Å²) in [6.45, 7) is 4.48. The molecular weight excluding hydrogens is 456 g/mol. The second kappa shape index (κ2) is 12.1. The van der Waals surface area contributed by atoms with Crippen LogP contribution in [0.5, 0.6) is 0 Å². The minimum absolute atomic E-state index is 0. The molecule has 0 radical (unpaired) electrons. The average Bonchev–Trinajstić information content (AvgIpc) is 3.31. The normalized spacial score (nSPS) is 16.6. The van der Waals surface area contributed by atoms with E-state index in [0.29, 0.717) is 32.5 Å². The van der Waals surface area contributed by atoms with Crippen molar-refractivity contribution in [3.63, 3.8) is 0 Å². The maximum absolute atomic E-state index is 13.2. The number of ether oxygens (including phenoxy) is 1. The Labute approximate surface area is 207 Å². The highest BCUT2D eigenvalue weighted by molar-refractivity contribution is 5.94. The number of carbonyl (C=O) groups excluding carboxylic acids is 3. The number of methoxy groups -OCH3 is 1. The second-order valence-electron chi connectivity index (χ2n) is 8.90. The van der Waals surface area contributed by atoms with Crippen molar-refractivity contribution in [3.8, 4) is 0 Å². The number of likely N-dealkylation sites (tertiary alicyclic amines) is 1. The number of carbonyl (C=O) groups is 3. The highest BCUT2D eigenvalue weighted by Crippen LogP contribution is 2.23. The molecule has 34 heavy (non-hydrogen) atoms. The van der Waals surface area contributed by atoms with Gasteiger partial charge in [-0.2, -0.15) is 0 Å². The molecule has 1 heterocycles. The fraction of sp³-hybridized carbons (Fsp3) is 0.480. The highest BCUT2D eigenvalue weighted by Gasteiger charge is 2.41. The zero-order valence-corrected chi connectivity index (χ0v) is 20.8. The van der Waals surface area contributed by atoms with Crippen LogP contribution in [0.3, 0.4) is 0 Å². The molecule has 4 N–H and O–H groups in total. The van der Waals surface area contributed by atoms with Crippen molar-refractivity contribution in [1.82, 2.24) is 15.5 Å². The van der Waals surface area contributed by atoms with E-state index in [1.807, 2.05) is 42.5 Å². The summed E-state index contributed by atoms with van der Waals surface area (Å²) >= 11 is 0. The molecule has 0 bridgehead atoms. The molecule has 0 aliphatic carbocycles. The molecule has 0 saturated carbocycles. The lowest BCUT2D eigenvalue weighted by Gasteiger charge is -2.32. The molecule has 2 atom stereocenters. The second-order valence-corrected chi connectivity index (χ2v) is 8.90. The third-order valence-electron chi connectivity index (χ3n) is 6.17. The van der Waals surface area contributed by atoms with Crippen molar-refractivity contribution in [1.29, 1.82) is 0 Å². The third-order valence-corrected chi connectivity index (χ3v) is 6.17. The first-order chi connectivity index (χ1) is 15.8. The maximum Gasteiger partial charge on any atom is 0.254 e.